The van der Waals surface area contributed by atoms with Crippen molar-refractivity contribution in [2.75, 3.05) is 23.3 Å². The number of hydrogen-bond donors (Lipinski definition) is 2. The summed E-state index contributed by atoms with van der Waals surface area (Å²) in [4.78, 5) is 0. The van der Waals surface area contributed by atoms with Gasteiger partial charge < -0.3 is 10.8 Å². The molecule has 5 nitrogen and oxygen atoms in total. The van der Waals surface area contributed by atoms with Gasteiger partial charge in [-0.1, -0.05) is 0 Å². The Labute approximate surface area is 82.8 Å². The molecule has 0 radical (unpaired) electrons. The Morgan fingerprint density at radius 1 is 1.43 bits per heavy atom. The first-order chi connectivity index (χ1) is 6.32. The van der Waals surface area contributed by atoms with E-state index in [4.69, 9.17) is 10.8 Å². The second-order valence-corrected chi connectivity index (χ2v) is 4.99. The molecule has 3 N–H and O–H groups in total. The van der Waals surface area contributed by atoms with Crippen LogP contribution in [0, 0.1) is 0 Å². The third-order valence-corrected chi connectivity index (χ3v) is 3.08. The van der Waals surface area contributed by atoms with Crippen LogP contribution in [0.25, 0.3) is 0 Å². The lowest BCUT2D eigenvalue weighted by Crippen LogP contribution is -2.24. The first kappa shape index (κ1) is 10.6. The Morgan fingerprint density at radius 3 is 2.43 bits per heavy atom. The van der Waals surface area contributed by atoms with Crippen LogP contribution in [-0.4, -0.2) is 26.8 Å². The highest BCUT2D eigenvalue weighted by molar-refractivity contribution is 7.92. The van der Waals surface area contributed by atoms with Gasteiger partial charge in [-0.2, -0.15) is 0 Å². The van der Waals surface area contributed by atoms with E-state index in [1.54, 1.807) is 0 Å². The van der Waals surface area contributed by atoms with Gasteiger partial charge in [-0.15, -0.1) is 0 Å². The average molecular weight is 216 g/mol. The molecule has 0 fully saturated rings. The van der Waals surface area contributed by atoms with Crippen LogP contribution in [0.1, 0.15) is 0 Å². The van der Waals surface area contributed by atoms with Crippen LogP contribution >= 0.6 is 0 Å². The molecular formula is C8H12N2O3S. The molecule has 6 heteroatoms. The minimum atomic E-state index is -3.29. The predicted molar refractivity (Wildman–Crippen MR) is 55.8 cm³/mol. The maximum Gasteiger partial charge on any atom is 0.231 e. The zero-order valence-electron chi connectivity index (χ0n) is 7.93. The fraction of sp³-hybridized carbons (Fsp3) is 0.250. The molecular weight excluding hydrogens is 204 g/mol. The molecule has 1 rings (SSSR count). The molecule has 0 aromatic heterocycles. The zero-order valence-corrected chi connectivity index (χ0v) is 8.75. The SMILES string of the molecule is CN(c1ccc(O)c(N)c1)S(C)(=O)=O. The normalized spacial score (nSPS) is 11.3. The third kappa shape index (κ3) is 2.08. The highest BCUT2D eigenvalue weighted by Gasteiger charge is 2.12. The topological polar surface area (TPSA) is 83.6 Å². The van der Waals surface area contributed by atoms with Crippen molar-refractivity contribution in [1.29, 1.82) is 0 Å². The number of anilines is 2. The van der Waals surface area contributed by atoms with Gasteiger partial charge in [0.05, 0.1) is 17.6 Å². The molecule has 0 spiro atoms. The Bertz CT molecular complexity index is 442. The van der Waals surface area contributed by atoms with Gasteiger partial charge in [0, 0.05) is 7.05 Å². The Balaban J connectivity index is 3.16. The van der Waals surface area contributed by atoms with Gasteiger partial charge in [0.1, 0.15) is 5.75 Å². The summed E-state index contributed by atoms with van der Waals surface area (Å²) >= 11 is 0. The molecule has 0 aliphatic carbocycles. The summed E-state index contributed by atoms with van der Waals surface area (Å²) in [7, 11) is -1.87. The second-order valence-electron chi connectivity index (χ2n) is 2.97. The van der Waals surface area contributed by atoms with Gasteiger partial charge in [0.2, 0.25) is 10.0 Å². The van der Waals surface area contributed by atoms with Crippen LogP contribution in [0.3, 0.4) is 0 Å². The zero-order chi connectivity index (χ0) is 10.9. The Morgan fingerprint density at radius 2 is 2.00 bits per heavy atom. The summed E-state index contributed by atoms with van der Waals surface area (Å²) < 4.78 is 23.4. The second kappa shape index (κ2) is 3.38. The van der Waals surface area contributed by atoms with E-state index >= 15 is 0 Å². The van der Waals surface area contributed by atoms with E-state index in [-0.39, 0.29) is 11.4 Å². The van der Waals surface area contributed by atoms with Crippen LogP contribution in [-0.2, 0) is 10.0 Å². The number of nitrogens with two attached hydrogens (primary N) is 1. The van der Waals surface area contributed by atoms with Crippen molar-refractivity contribution in [2.45, 2.75) is 0 Å². The number of hydrogen-bond acceptors (Lipinski definition) is 4. The van der Waals surface area contributed by atoms with Crippen LogP contribution in [0.15, 0.2) is 18.2 Å². The van der Waals surface area contributed by atoms with Gasteiger partial charge in [0.25, 0.3) is 0 Å². The van der Waals surface area contributed by atoms with Crippen molar-refractivity contribution in [3.05, 3.63) is 18.2 Å². The summed E-state index contributed by atoms with van der Waals surface area (Å²) in [6.07, 6.45) is 1.09. The van der Waals surface area contributed by atoms with E-state index in [9.17, 15) is 8.42 Å². The molecule has 0 heterocycles. The number of aromatic hydroxyl groups is 1. The monoisotopic (exact) mass is 216 g/mol. The fourth-order valence-electron chi connectivity index (χ4n) is 0.929. The number of phenolic OH excluding ortho intramolecular Hbond substituents is 1. The number of sulfonamides is 1. The van der Waals surface area contributed by atoms with Crippen molar-refractivity contribution in [1.82, 2.24) is 0 Å². The molecule has 0 aliphatic rings. The lowest BCUT2D eigenvalue weighted by atomic mass is 10.2. The van der Waals surface area contributed by atoms with Crippen molar-refractivity contribution < 1.29 is 13.5 Å². The van der Waals surface area contributed by atoms with Gasteiger partial charge in [0.15, 0.2) is 0 Å². The van der Waals surface area contributed by atoms with E-state index in [1.165, 1.54) is 25.2 Å². The van der Waals surface area contributed by atoms with Crippen LogP contribution in [0.2, 0.25) is 0 Å². The summed E-state index contributed by atoms with van der Waals surface area (Å²) in [5.41, 5.74) is 6.00. The molecule has 0 amide bonds. The molecule has 78 valence electrons. The van der Waals surface area contributed by atoms with Crippen LogP contribution in [0.5, 0.6) is 5.75 Å². The van der Waals surface area contributed by atoms with Crippen molar-refractivity contribution in [3.8, 4) is 5.75 Å². The standard InChI is InChI=1S/C8H12N2O3S/c1-10(14(2,12)13)6-3-4-8(11)7(9)5-6/h3-5,11H,9H2,1-2H3. The summed E-state index contributed by atoms with van der Waals surface area (Å²) in [6.45, 7) is 0. The smallest absolute Gasteiger partial charge is 0.231 e. The average Bonchev–Trinajstić information content (AvgIpc) is 2.07. The molecule has 0 atom stereocenters. The van der Waals surface area contributed by atoms with E-state index in [0.29, 0.717) is 5.69 Å². The Hall–Kier alpha value is -1.43. The van der Waals surface area contributed by atoms with E-state index in [2.05, 4.69) is 0 Å². The maximum absolute atomic E-state index is 11.2. The summed E-state index contributed by atoms with van der Waals surface area (Å²) in [5.74, 6) is -0.0596. The fourth-order valence-corrected chi connectivity index (χ4v) is 1.43. The maximum atomic E-state index is 11.2. The van der Waals surface area contributed by atoms with Gasteiger partial charge in [-0.05, 0) is 18.2 Å². The number of phenols is 1. The molecule has 0 saturated carbocycles. The molecule has 1 aromatic carbocycles. The van der Waals surface area contributed by atoms with Gasteiger partial charge in [-0.25, -0.2) is 8.42 Å². The lowest BCUT2D eigenvalue weighted by molar-refractivity contribution is 0.478. The molecule has 0 bridgehead atoms. The lowest BCUT2D eigenvalue weighted by Gasteiger charge is -2.16. The Kier molecular flexibility index (Phi) is 2.57. The van der Waals surface area contributed by atoms with Gasteiger partial charge in [-0.3, -0.25) is 4.31 Å². The quantitative estimate of drug-likeness (QED) is 0.552. The van der Waals surface area contributed by atoms with Crippen LogP contribution in [0.4, 0.5) is 11.4 Å². The largest absolute Gasteiger partial charge is 0.506 e. The van der Waals surface area contributed by atoms with E-state index < -0.39 is 10.0 Å². The van der Waals surface area contributed by atoms with Crippen molar-refractivity contribution >= 4 is 21.4 Å². The minimum Gasteiger partial charge on any atom is -0.506 e. The molecule has 0 unspecified atom stereocenters. The minimum absolute atomic E-state index is 0.0596. The van der Waals surface area contributed by atoms with E-state index in [1.807, 2.05) is 0 Å². The summed E-state index contributed by atoms with van der Waals surface area (Å²) in [6, 6.07) is 4.23. The first-order valence-electron chi connectivity index (χ1n) is 3.85. The summed E-state index contributed by atoms with van der Waals surface area (Å²) in [5, 5.41) is 9.14. The first-order valence-corrected chi connectivity index (χ1v) is 5.69. The van der Waals surface area contributed by atoms with Crippen molar-refractivity contribution in [2.24, 2.45) is 0 Å². The van der Waals surface area contributed by atoms with Crippen LogP contribution < -0.4 is 10.0 Å². The van der Waals surface area contributed by atoms with E-state index in [0.717, 1.165) is 10.6 Å². The number of nitrogens with zero attached hydrogens (tertiary/aromatic N) is 1. The number of benzene rings is 1. The number of nitrogen functional groups attached to an aromatic ring is 1. The third-order valence-electron chi connectivity index (χ3n) is 1.87. The molecule has 1 aromatic rings. The molecule has 14 heavy (non-hydrogen) atoms. The molecule has 0 aliphatic heterocycles. The highest BCUT2D eigenvalue weighted by atomic mass is 32.2. The molecule has 0 saturated heterocycles. The number of rotatable bonds is 2. The van der Waals surface area contributed by atoms with Gasteiger partial charge >= 0.3 is 0 Å². The highest BCUT2D eigenvalue weighted by Crippen LogP contribution is 2.26. The predicted octanol–water partition coefficient (Wildman–Crippen LogP) is 0.370. The van der Waals surface area contributed by atoms with Crippen molar-refractivity contribution in [3.63, 3.8) is 0 Å².